The molecule has 6 aromatic heterocycles. The van der Waals surface area contributed by atoms with Crippen LogP contribution in [-0.4, -0.2) is 50.1 Å². The number of para-hydroxylation sites is 2. The van der Waals surface area contributed by atoms with E-state index >= 15 is 0 Å². The van der Waals surface area contributed by atoms with Gasteiger partial charge in [-0.3, -0.25) is 24.4 Å². The number of hydrogen-bond acceptors (Lipinski definition) is 13. The molecule has 0 spiro atoms. The molecule has 2 atom stereocenters. The van der Waals surface area contributed by atoms with Crippen molar-refractivity contribution >= 4 is 106 Å². The topological polar surface area (TPSA) is 165 Å². The molecule has 6 heterocycles. The molecule has 0 aliphatic heterocycles. The van der Waals surface area contributed by atoms with E-state index in [1.54, 1.807) is 83.7 Å². The Morgan fingerprint density at radius 2 is 1.19 bits per heavy atom. The second-order valence-electron chi connectivity index (χ2n) is 14.8. The van der Waals surface area contributed by atoms with Gasteiger partial charge < -0.3 is 21.7 Å². The van der Waals surface area contributed by atoms with E-state index in [1.807, 2.05) is 60.9 Å². The summed E-state index contributed by atoms with van der Waals surface area (Å²) in [4.78, 5) is 53.6. The van der Waals surface area contributed by atoms with E-state index in [4.69, 9.17) is 15.7 Å². The molecule has 2 aliphatic carbocycles. The minimum Gasteiger partial charge on any atom is -0.327 e. The number of carbonyl (C=O) groups is 3. The fourth-order valence-corrected chi connectivity index (χ4v) is 12.5. The molecule has 11 nitrogen and oxygen atoms in total. The number of halogens is 1. The van der Waals surface area contributed by atoms with E-state index in [0.29, 0.717) is 11.6 Å². The van der Waals surface area contributed by atoms with Gasteiger partial charge in [0.15, 0.2) is 0 Å². The summed E-state index contributed by atoms with van der Waals surface area (Å²) in [6.45, 7) is 3.96. The number of benzene rings is 2. The van der Waals surface area contributed by atoms with Crippen LogP contribution in [0.1, 0.15) is 63.5 Å². The van der Waals surface area contributed by atoms with Crippen molar-refractivity contribution in [3.8, 4) is 21.1 Å². The molecular weight excluding hydrogens is 876 g/mol. The zero-order valence-corrected chi connectivity index (χ0v) is 38.1. The number of thiophene rings is 2. The van der Waals surface area contributed by atoms with E-state index in [1.165, 1.54) is 35.8 Å². The lowest BCUT2D eigenvalue weighted by Crippen LogP contribution is -2.33. The lowest BCUT2D eigenvalue weighted by Gasteiger charge is -2.24. The zero-order chi connectivity index (χ0) is 42.3. The number of carbonyl (C=O) groups excluding carboxylic acids is 3. The van der Waals surface area contributed by atoms with Crippen LogP contribution in [0.4, 0.5) is 10.0 Å². The number of anilines is 2. The summed E-state index contributed by atoms with van der Waals surface area (Å²) in [5.41, 5.74) is 15.0. The number of aldehydes is 1. The molecule has 2 aliphatic rings. The molecule has 2 amide bonds. The Kier molecular flexibility index (Phi) is 15.0. The molecule has 16 heteroatoms. The van der Waals surface area contributed by atoms with Gasteiger partial charge >= 0.3 is 0 Å². The van der Waals surface area contributed by atoms with Crippen LogP contribution in [0.2, 0.25) is 0 Å². The summed E-state index contributed by atoms with van der Waals surface area (Å²) in [5, 5.41) is 13.6. The fourth-order valence-electron chi connectivity index (χ4n) is 7.48. The number of nitrogens with zero attached hydrogens (tertiary/aromatic N) is 4. The molecule has 2 unspecified atom stereocenters. The van der Waals surface area contributed by atoms with Crippen LogP contribution >= 0.6 is 57.8 Å². The molecule has 0 bridgehead atoms. The molecule has 10 rings (SSSR count). The summed E-state index contributed by atoms with van der Waals surface area (Å²) in [6.07, 6.45) is 13.5. The number of rotatable bonds is 8. The third-order valence-electron chi connectivity index (χ3n) is 10.3. The van der Waals surface area contributed by atoms with Crippen molar-refractivity contribution in [3.05, 3.63) is 130 Å². The van der Waals surface area contributed by atoms with Gasteiger partial charge in [0, 0.05) is 83.7 Å². The highest BCUT2D eigenvalue weighted by molar-refractivity contribution is 7.23. The fraction of sp³-hybridized carbons (Fsp3) is 0.239. The van der Waals surface area contributed by atoms with Crippen molar-refractivity contribution in [2.24, 2.45) is 5.73 Å². The number of fused-ring (bicyclic) bond motifs is 4. The smallest absolute Gasteiger partial charge is 0.221 e. The van der Waals surface area contributed by atoms with Crippen molar-refractivity contribution in [2.45, 2.75) is 71.0 Å². The summed E-state index contributed by atoms with van der Waals surface area (Å²) in [5.74, 6) is -0.0847. The first kappa shape index (κ1) is 44.8. The standard InChI is InChI=1S/C23H22N4OS2.C17H17N3OS2.C6H5NO.ClH/c1-14(28)26-22-21(23-27-18-4-2-3-5-19(18)29-23)17-7-6-16(12-20(17)30-22)25-13-15-8-10-24-11-9-15;1-9(21)19-16-15(11-7-6-10(18)8-14(11)23-16)17-20-12-4-2-3-5-13(12)22-17;8-5-6-1-3-7-4-2-6;/h2-5,8-11,16,25H,6-7,12-13H2,1H3,(H,26,28);2-5,10H,6-8,18H2,1H3,(H,19,21);1-5H;1H. The van der Waals surface area contributed by atoms with Gasteiger partial charge in [-0.1, -0.05) is 24.3 Å². The summed E-state index contributed by atoms with van der Waals surface area (Å²) in [6, 6.07) is 24.4. The van der Waals surface area contributed by atoms with Crippen LogP contribution in [0.5, 0.6) is 0 Å². The zero-order valence-electron chi connectivity index (χ0n) is 34.1. The monoisotopic (exact) mass is 920 g/mol. The van der Waals surface area contributed by atoms with Crippen LogP contribution in [0, 0.1) is 0 Å². The molecule has 0 saturated carbocycles. The SMILES string of the molecule is CC(=O)Nc1sc2c(c1-c1nc3ccccc3s1)CCC(N)C2.CC(=O)Nc1sc2c(c1-c1nc3ccccc3s1)CCC(NCc1ccncc1)C2.Cl.O=Cc1ccncc1. The molecule has 8 aromatic rings. The largest absolute Gasteiger partial charge is 0.327 e. The maximum Gasteiger partial charge on any atom is 0.221 e. The minimum absolute atomic E-state index is 0. The normalized spacial score (nSPS) is 15.1. The number of amides is 2. The maximum atomic E-state index is 11.9. The Bertz CT molecular complexity index is 2740. The predicted octanol–water partition coefficient (Wildman–Crippen LogP) is 10.1. The van der Waals surface area contributed by atoms with Crippen LogP contribution < -0.4 is 21.7 Å². The van der Waals surface area contributed by atoms with Gasteiger partial charge in [0.05, 0.1) is 20.4 Å². The highest BCUT2D eigenvalue weighted by Crippen LogP contribution is 2.47. The summed E-state index contributed by atoms with van der Waals surface area (Å²) in [7, 11) is 0. The molecule has 2 aromatic carbocycles. The number of nitrogens with one attached hydrogen (secondary N) is 3. The number of aromatic nitrogens is 4. The average molecular weight is 922 g/mol. The number of nitrogens with two attached hydrogens (primary N) is 1. The Morgan fingerprint density at radius 3 is 1.69 bits per heavy atom. The van der Waals surface area contributed by atoms with Gasteiger partial charge in [0.2, 0.25) is 11.8 Å². The van der Waals surface area contributed by atoms with Gasteiger partial charge in [-0.25, -0.2) is 9.97 Å². The van der Waals surface area contributed by atoms with Crippen molar-refractivity contribution in [1.29, 1.82) is 0 Å². The second kappa shape index (κ2) is 20.7. The Balaban J connectivity index is 0.000000160. The van der Waals surface area contributed by atoms with Gasteiger partial charge in [-0.15, -0.1) is 57.8 Å². The highest BCUT2D eigenvalue weighted by Gasteiger charge is 2.29. The molecule has 5 N–H and O–H groups in total. The first-order valence-corrected chi connectivity index (χ1v) is 23.3. The predicted molar refractivity (Wildman–Crippen MR) is 258 cm³/mol. The van der Waals surface area contributed by atoms with Gasteiger partial charge in [-0.05, 0) is 104 Å². The Labute approximate surface area is 381 Å². The van der Waals surface area contributed by atoms with Crippen molar-refractivity contribution in [2.75, 3.05) is 10.6 Å². The number of pyridine rings is 2. The average Bonchev–Trinajstić information content (AvgIpc) is 4.05. The third kappa shape index (κ3) is 10.7. The quantitative estimate of drug-likeness (QED) is 0.109. The maximum absolute atomic E-state index is 11.9. The van der Waals surface area contributed by atoms with Gasteiger partial charge in [0.1, 0.15) is 26.3 Å². The summed E-state index contributed by atoms with van der Waals surface area (Å²) < 4.78 is 2.35. The van der Waals surface area contributed by atoms with E-state index in [2.05, 4.69) is 38.1 Å². The molecule has 0 saturated heterocycles. The molecule has 0 fully saturated rings. The lowest BCUT2D eigenvalue weighted by atomic mass is 9.91. The number of thiazole rings is 2. The molecule has 62 heavy (non-hydrogen) atoms. The first-order valence-electron chi connectivity index (χ1n) is 20.0. The van der Waals surface area contributed by atoms with E-state index in [0.717, 1.165) is 93.5 Å². The molecule has 318 valence electrons. The lowest BCUT2D eigenvalue weighted by molar-refractivity contribution is -0.115. The number of hydrogen-bond donors (Lipinski definition) is 4. The highest BCUT2D eigenvalue weighted by atomic mass is 35.5. The van der Waals surface area contributed by atoms with Crippen LogP contribution in [0.25, 0.3) is 41.6 Å². The minimum atomic E-state index is -0.0461. The first-order chi connectivity index (χ1) is 29.7. The Hall–Kier alpha value is -5.26. The van der Waals surface area contributed by atoms with E-state index in [-0.39, 0.29) is 30.3 Å². The van der Waals surface area contributed by atoms with Crippen molar-refractivity contribution in [3.63, 3.8) is 0 Å². The van der Waals surface area contributed by atoms with E-state index in [9.17, 15) is 14.4 Å². The van der Waals surface area contributed by atoms with Gasteiger partial charge in [-0.2, -0.15) is 0 Å². The van der Waals surface area contributed by atoms with Crippen molar-refractivity contribution < 1.29 is 14.4 Å². The van der Waals surface area contributed by atoms with Crippen LogP contribution in [-0.2, 0) is 41.8 Å². The van der Waals surface area contributed by atoms with Crippen molar-refractivity contribution in [1.82, 2.24) is 25.3 Å². The van der Waals surface area contributed by atoms with Gasteiger partial charge in [0.25, 0.3) is 0 Å². The second-order valence-corrected chi connectivity index (χ2v) is 19.1. The molecular formula is C46H45ClN8O3S4. The third-order valence-corrected chi connectivity index (χ3v) is 14.8. The summed E-state index contributed by atoms with van der Waals surface area (Å²) >= 11 is 6.74. The molecule has 0 radical (unpaired) electrons. The van der Waals surface area contributed by atoms with E-state index < -0.39 is 0 Å². The Morgan fingerprint density at radius 1 is 0.694 bits per heavy atom. The van der Waals surface area contributed by atoms with Crippen LogP contribution in [0.15, 0.2) is 97.6 Å². The van der Waals surface area contributed by atoms with Crippen LogP contribution in [0.3, 0.4) is 0 Å².